The molecule has 10 nitrogen and oxygen atoms in total. The molecule has 2 fully saturated rings. The number of carbonyl (C=O) groups is 3. The van der Waals surface area contributed by atoms with Crippen LogP contribution in [0.3, 0.4) is 0 Å². The third-order valence-electron chi connectivity index (χ3n) is 9.31. The molecule has 6 rings (SSSR count). The molecule has 238 valence electrons. The average molecular weight is 616 g/mol. The largest absolute Gasteiger partial charge is 0.497 e. The molecule has 2 saturated heterocycles. The van der Waals surface area contributed by atoms with E-state index in [4.69, 9.17) is 14.2 Å². The highest BCUT2D eigenvalue weighted by Gasteiger charge is 2.71. The zero-order valence-corrected chi connectivity index (χ0v) is 25.8. The number of unbranched alkanes of at least 4 members (excludes halogenated alkanes) is 3. The number of amides is 3. The molecule has 0 aliphatic carbocycles. The maximum Gasteiger partial charge on any atom is 0.253 e. The second kappa shape index (κ2) is 13.1. The van der Waals surface area contributed by atoms with Crippen LogP contribution in [-0.2, 0) is 19.1 Å². The Balaban J connectivity index is 1.35. The Morgan fingerprint density at radius 1 is 0.844 bits per heavy atom. The van der Waals surface area contributed by atoms with Crippen LogP contribution in [0, 0.1) is 11.8 Å². The number of hydrogen-bond donors (Lipinski definition) is 1. The Bertz CT molecular complexity index is 1460. The predicted molar refractivity (Wildman–Crippen MR) is 169 cm³/mol. The van der Waals surface area contributed by atoms with Crippen molar-refractivity contribution in [2.45, 2.75) is 50.4 Å². The van der Waals surface area contributed by atoms with E-state index in [0.717, 1.165) is 12.8 Å². The fraction of sp³-hybridized carbons (Fsp3) is 0.457. The monoisotopic (exact) mass is 615 g/mol. The molecular formula is C35H41N3O7. The Morgan fingerprint density at radius 3 is 2.16 bits per heavy atom. The number of carbonyl (C=O) groups excluding carboxylic acids is 3. The smallest absolute Gasteiger partial charge is 0.253 e. The van der Waals surface area contributed by atoms with Crippen LogP contribution in [0.2, 0.25) is 0 Å². The first-order chi connectivity index (χ1) is 21.9. The van der Waals surface area contributed by atoms with Crippen molar-refractivity contribution in [3.05, 3.63) is 72.8 Å². The SMILES string of the molecule is CCOc1ccc(N2CC=C[C@@H]3O[C@]45C=CCN(c6ccc(OC)cc6)C(=O)C4N(CCCCCCO)C(=O)[C@@H]5[C@@H]3C2=O)cc1. The molecular weight excluding hydrogens is 574 g/mol. The molecule has 3 amide bonds. The van der Waals surface area contributed by atoms with Crippen molar-refractivity contribution < 1.29 is 33.7 Å². The average Bonchev–Trinajstić information content (AvgIpc) is 3.36. The van der Waals surface area contributed by atoms with E-state index in [9.17, 15) is 19.5 Å². The zero-order valence-electron chi connectivity index (χ0n) is 25.8. The summed E-state index contributed by atoms with van der Waals surface area (Å²) in [7, 11) is 1.59. The Labute approximate surface area is 263 Å². The highest BCUT2D eigenvalue weighted by atomic mass is 16.5. The molecule has 0 radical (unpaired) electrons. The molecule has 1 spiro atoms. The first kappa shape index (κ1) is 30.9. The number of rotatable bonds is 11. The van der Waals surface area contributed by atoms with Gasteiger partial charge in [-0.05, 0) is 68.3 Å². The van der Waals surface area contributed by atoms with Crippen molar-refractivity contribution in [3.63, 3.8) is 0 Å². The molecule has 1 N–H and O–H groups in total. The summed E-state index contributed by atoms with van der Waals surface area (Å²) in [6, 6.07) is 13.7. The van der Waals surface area contributed by atoms with Gasteiger partial charge in [0.2, 0.25) is 11.8 Å². The van der Waals surface area contributed by atoms with E-state index in [1.807, 2.05) is 67.6 Å². The number of nitrogens with zero attached hydrogens (tertiary/aromatic N) is 3. The summed E-state index contributed by atoms with van der Waals surface area (Å²) in [6.45, 7) is 3.58. The number of fused-ring (bicyclic) bond motifs is 2. The van der Waals surface area contributed by atoms with Gasteiger partial charge in [-0.15, -0.1) is 0 Å². The van der Waals surface area contributed by atoms with Gasteiger partial charge in [0.25, 0.3) is 5.91 Å². The number of benzene rings is 2. The van der Waals surface area contributed by atoms with Gasteiger partial charge >= 0.3 is 0 Å². The third kappa shape index (κ3) is 5.50. The Morgan fingerprint density at radius 2 is 1.49 bits per heavy atom. The van der Waals surface area contributed by atoms with Crippen molar-refractivity contribution in [2.75, 3.05) is 49.8 Å². The first-order valence-electron chi connectivity index (χ1n) is 15.9. The lowest BCUT2D eigenvalue weighted by atomic mass is 9.77. The van der Waals surface area contributed by atoms with Crippen molar-refractivity contribution in [2.24, 2.45) is 11.8 Å². The summed E-state index contributed by atoms with van der Waals surface area (Å²) in [5.74, 6) is -0.948. The molecule has 10 heteroatoms. The minimum atomic E-state index is -1.29. The Kier molecular flexibility index (Phi) is 8.96. The predicted octanol–water partition coefficient (Wildman–Crippen LogP) is 3.73. The first-order valence-corrected chi connectivity index (χ1v) is 15.9. The number of hydrogen-bond acceptors (Lipinski definition) is 7. The van der Waals surface area contributed by atoms with E-state index in [2.05, 4.69) is 0 Å². The summed E-state index contributed by atoms with van der Waals surface area (Å²) in [5, 5.41) is 9.22. The second-order valence-corrected chi connectivity index (χ2v) is 11.9. The standard InChI is InChI=1S/C35H41N3O7/c1-3-44-27-17-13-24(14-18-27)36-21-8-10-28-29(32(36)40)30-33(41)38(20-6-4-5-7-23-39)31-34(42)37(22-9-19-35(30,31)45-28)25-11-15-26(43-2)16-12-25/h8-19,28-31,39H,3-7,20-23H2,1-2H3/t28-,29+,30-,31?,35-/m0/s1. The minimum absolute atomic E-state index is 0.119. The number of anilines is 2. The topological polar surface area (TPSA) is 109 Å². The van der Waals surface area contributed by atoms with Crippen LogP contribution in [0.25, 0.3) is 0 Å². The normalized spacial score (nSPS) is 27.3. The number of aliphatic hydroxyl groups is 1. The van der Waals surface area contributed by atoms with Gasteiger partial charge in [0.1, 0.15) is 23.1 Å². The molecule has 1 unspecified atom stereocenters. The van der Waals surface area contributed by atoms with Gasteiger partial charge in [0, 0.05) is 37.6 Å². The second-order valence-electron chi connectivity index (χ2n) is 11.9. The van der Waals surface area contributed by atoms with Crippen molar-refractivity contribution in [1.29, 1.82) is 0 Å². The van der Waals surface area contributed by atoms with Crippen LogP contribution < -0.4 is 19.3 Å². The molecule has 45 heavy (non-hydrogen) atoms. The van der Waals surface area contributed by atoms with Crippen LogP contribution in [0.15, 0.2) is 72.8 Å². The highest BCUT2D eigenvalue weighted by molar-refractivity contribution is 6.07. The number of methoxy groups -OCH3 is 1. The number of likely N-dealkylation sites (tertiary alicyclic amines) is 1. The summed E-state index contributed by atoms with van der Waals surface area (Å²) in [4.78, 5) is 48.5. The third-order valence-corrected chi connectivity index (χ3v) is 9.31. The van der Waals surface area contributed by atoms with E-state index >= 15 is 0 Å². The van der Waals surface area contributed by atoms with Gasteiger partial charge in [-0.2, -0.15) is 0 Å². The van der Waals surface area contributed by atoms with E-state index in [0.29, 0.717) is 62.0 Å². The number of ether oxygens (including phenoxy) is 3. The molecule has 2 aromatic rings. The summed E-state index contributed by atoms with van der Waals surface area (Å²) < 4.78 is 17.7. The van der Waals surface area contributed by atoms with E-state index in [-0.39, 0.29) is 24.3 Å². The van der Waals surface area contributed by atoms with Crippen LogP contribution >= 0.6 is 0 Å². The van der Waals surface area contributed by atoms with Crippen LogP contribution in [0.4, 0.5) is 11.4 Å². The van der Waals surface area contributed by atoms with Gasteiger partial charge in [-0.1, -0.05) is 37.1 Å². The van der Waals surface area contributed by atoms with Gasteiger partial charge in [0.05, 0.1) is 31.7 Å². The molecule has 5 atom stereocenters. The molecule has 4 aliphatic heterocycles. The quantitative estimate of drug-likeness (QED) is 0.303. The van der Waals surface area contributed by atoms with Gasteiger partial charge in [0.15, 0.2) is 0 Å². The lowest BCUT2D eigenvalue weighted by molar-refractivity contribution is -0.140. The van der Waals surface area contributed by atoms with E-state index in [1.165, 1.54) is 0 Å². The van der Waals surface area contributed by atoms with Gasteiger partial charge in [-0.3, -0.25) is 14.4 Å². The number of aliphatic hydroxyl groups excluding tert-OH is 1. The molecule has 0 aromatic heterocycles. The van der Waals surface area contributed by atoms with Crippen LogP contribution in [0.5, 0.6) is 11.5 Å². The summed E-state index contributed by atoms with van der Waals surface area (Å²) in [5.41, 5.74) is 0.0965. The molecule has 2 aromatic carbocycles. The van der Waals surface area contributed by atoms with E-state index in [1.54, 1.807) is 33.9 Å². The summed E-state index contributed by atoms with van der Waals surface area (Å²) >= 11 is 0. The van der Waals surface area contributed by atoms with Gasteiger partial charge in [-0.25, -0.2) is 0 Å². The highest BCUT2D eigenvalue weighted by Crippen LogP contribution is 2.54. The maximum absolute atomic E-state index is 14.6. The lowest BCUT2D eigenvalue weighted by Crippen LogP contribution is -2.55. The van der Waals surface area contributed by atoms with Crippen molar-refractivity contribution in [3.8, 4) is 11.5 Å². The van der Waals surface area contributed by atoms with Gasteiger partial charge < -0.3 is 34.0 Å². The van der Waals surface area contributed by atoms with Crippen LogP contribution in [0.1, 0.15) is 32.6 Å². The molecule has 0 bridgehead atoms. The lowest BCUT2D eigenvalue weighted by Gasteiger charge is -2.35. The zero-order chi connectivity index (χ0) is 31.6. The Hall–Kier alpha value is -4.15. The maximum atomic E-state index is 14.6. The molecule has 4 aliphatic rings. The van der Waals surface area contributed by atoms with Crippen molar-refractivity contribution >= 4 is 29.1 Å². The minimum Gasteiger partial charge on any atom is -0.497 e. The van der Waals surface area contributed by atoms with E-state index < -0.39 is 29.6 Å². The molecule has 0 saturated carbocycles. The fourth-order valence-electron chi connectivity index (χ4n) is 7.24. The van der Waals surface area contributed by atoms with Crippen molar-refractivity contribution in [1.82, 2.24) is 4.90 Å². The van der Waals surface area contributed by atoms with Crippen LogP contribution in [-0.4, -0.2) is 85.4 Å². The molecule has 4 heterocycles. The summed E-state index contributed by atoms with van der Waals surface area (Å²) in [6.07, 6.45) is 9.86. The fourth-order valence-corrected chi connectivity index (χ4v) is 7.24.